The first kappa shape index (κ1) is 20.1. The topological polar surface area (TPSA) is 94.7 Å². The van der Waals surface area contributed by atoms with E-state index in [-0.39, 0.29) is 17.0 Å². The summed E-state index contributed by atoms with van der Waals surface area (Å²) in [6.45, 7) is 5.05. The third kappa shape index (κ3) is 3.81. The minimum absolute atomic E-state index is 0.127. The Balaban J connectivity index is 1.52. The summed E-state index contributed by atoms with van der Waals surface area (Å²) in [4.78, 5) is 38.2. The van der Waals surface area contributed by atoms with Crippen LogP contribution >= 0.6 is 0 Å². The van der Waals surface area contributed by atoms with Crippen molar-refractivity contribution in [1.29, 1.82) is 0 Å². The fourth-order valence-corrected chi connectivity index (χ4v) is 4.28. The second-order valence-electron chi connectivity index (χ2n) is 8.04. The molecule has 0 radical (unpaired) electrons. The quantitative estimate of drug-likeness (QED) is 0.296. The lowest BCUT2D eigenvalue weighted by Crippen LogP contribution is -2.22. The van der Waals surface area contributed by atoms with Crippen LogP contribution in [-0.4, -0.2) is 40.9 Å². The Labute approximate surface area is 174 Å². The van der Waals surface area contributed by atoms with Crippen molar-refractivity contribution in [3.05, 3.63) is 56.9 Å². The molecule has 0 amide bonds. The van der Waals surface area contributed by atoms with Gasteiger partial charge in [0.15, 0.2) is 6.61 Å². The van der Waals surface area contributed by atoms with Gasteiger partial charge >= 0.3 is 5.97 Å². The molecular weight excluding hydrogens is 386 g/mol. The monoisotopic (exact) mass is 411 g/mol. The summed E-state index contributed by atoms with van der Waals surface area (Å²) in [7, 11) is 0. The van der Waals surface area contributed by atoms with E-state index < -0.39 is 17.5 Å². The normalized spacial score (nSPS) is 16.0. The number of esters is 1. The number of carbonyl (C=O) groups is 2. The molecule has 1 saturated heterocycles. The Kier molecular flexibility index (Phi) is 5.32. The third-order valence-corrected chi connectivity index (χ3v) is 5.89. The van der Waals surface area contributed by atoms with E-state index in [2.05, 4.69) is 4.57 Å². The summed E-state index contributed by atoms with van der Waals surface area (Å²) < 4.78 is 7.48. The van der Waals surface area contributed by atoms with Gasteiger partial charge in [0.2, 0.25) is 5.78 Å². The molecule has 1 aromatic carbocycles. The number of benzene rings is 1. The predicted molar refractivity (Wildman–Crippen MR) is 111 cm³/mol. The van der Waals surface area contributed by atoms with Crippen LogP contribution in [0.5, 0.6) is 0 Å². The van der Waals surface area contributed by atoms with E-state index in [1.807, 2.05) is 24.8 Å². The van der Waals surface area contributed by atoms with Crippen molar-refractivity contribution in [2.75, 3.05) is 24.6 Å². The fourth-order valence-electron chi connectivity index (χ4n) is 4.28. The van der Waals surface area contributed by atoms with E-state index in [1.54, 1.807) is 6.07 Å². The molecule has 2 heterocycles. The Morgan fingerprint density at radius 1 is 1.13 bits per heavy atom. The summed E-state index contributed by atoms with van der Waals surface area (Å²) in [5.41, 5.74) is 3.05. The van der Waals surface area contributed by atoms with Crippen LogP contribution < -0.4 is 4.90 Å². The van der Waals surface area contributed by atoms with Crippen molar-refractivity contribution in [2.24, 2.45) is 0 Å². The van der Waals surface area contributed by atoms with Crippen LogP contribution in [0.1, 0.15) is 63.8 Å². The highest BCUT2D eigenvalue weighted by Crippen LogP contribution is 2.38. The maximum absolute atomic E-state index is 12.8. The lowest BCUT2D eigenvalue weighted by molar-refractivity contribution is -0.384. The van der Waals surface area contributed by atoms with Gasteiger partial charge in [0.25, 0.3) is 5.69 Å². The molecule has 2 aromatic rings. The van der Waals surface area contributed by atoms with Crippen LogP contribution in [0.15, 0.2) is 24.3 Å². The maximum Gasteiger partial charge on any atom is 0.340 e. The summed E-state index contributed by atoms with van der Waals surface area (Å²) in [5.74, 6) is -0.985. The molecule has 0 atom stereocenters. The number of ketones is 1. The molecule has 8 nitrogen and oxygen atoms in total. The van der Waals surface area contributed by atoms with Gasteiger partial charge in [0, 0.05) is 48.2 Å². The van der Waals surface area contributed by atoms with Gasteiger partial charge in [-0.1, -0.05) is 0 Å². The second-order valence-corrected chi connectivity index (χ2v) is 8.04. The number of nitro groups is 1. The molecule has 2 fully saturated rings. The number of rotatable bonds is 7. The van der Waals surface area contributed by atoms with Gasteiger partial charge in [0.05, 0.1) is 16.2 Å². The van der Waals surface area contributed by atoms with Gasteiger partial charge in [-0.05, 0) is 51.7 Å². The zero-order valence-corrected chi connectivity index (χ0v) is 17.2. The molecule has 8 heteroatoms. The number of hydrogen-bond donors (Lipinski definition) is 0. The Morgan fingerprint density at radius 2 is 1.83 bits per heavy atom. The van der Waals surface area contributed by atoms with Gasteiger partial charge in [-0.15, -0.1) is 0 Å². The number of carbonyl (C=O) groups excluding carboxylic acids is 2. The van der Waals surface area contributed by atoms with Crippen molar-refractivity contribution in [1.82, 2.24) is 4.57 Å². The van der Waals surface area contributed by atoms with Crippen LogP contribution in [0.25, 0.3) is 0 Å². The summed E-state index contributed by atoms with van der Waals surface area (Å²) in [6.07, 6.45) is 4.23. The van der Waals surface area contributed by atoms with Gasteiger partial charge in [-0.25, -0.2) is 4.79 Å². The second kappa shape index (κ2) is 7.93. The third-order valence-electron chi connectivity index (χ3n) is 5.89. The predicted octanol–water partition coefficient (Wildman–Crippen LogP) is 3.99. The molecule has 0 bridgehead atoms. The van der Waals surface area contributed by atoms with E-state index in [0.717, 1.165) is 50.2 Å². The van der Waals surface area contributed by atoms with Crippen LogP contribution in [0.2, 0.25) is 0 Å². The van der Waals surface area contributed by atoms with E-state index >= 15 is 0 Å². The minimum atomic E-state index is -0.718. The first-order valence-electron chi connectivity index (χ1n) is 10.3. The highest BCUT2D eigenvalue weighted by Gasteiger charge is 2.29. The summed E-state index contributed by atoms with van der Waals surface area (Å²) in [6, 6.07) is 6.52. The van der Waals surface area contributed by atoms with Crippen molar-refractivity contribution in [3.8, 4) is 0 Å². The molecule has 1 aliphatic carbocycles. The molecule has 1 saturated carbocycles. The fraction of sp³-hybridized carbons (Fsp3) is 0.455. The number of nitrogens with zero attached hydrogens (tertiary/aromatic N) is 3. The highest BCUT2D eigenvalue weighted by molar-refractivity contribution is 6.02. The number of non-ortho nitro benzene ring substituents is 1. The van der Waals surface area contributed by atoms with Crippen molar-refractivity contribution in [3.63, 3.8) is 0 Å². The van der Waals surface area contributed by atoms with Crippen LogP contribution in [0, 0.1) is 24.0 Å². The number of Topliss-reactive ketones (excluding diaryl/α,β-unsaturated/α-hetero) is 1. The summed E-state index contributed by atoms with van der Waals surface area (Å²) in [5, 5.41) is 11.2. The number of ether oxygens (including phenoxy) is 1. The maximum atomic E-state index is 12.8. The highest BCUT2D eigenvalue weighted by atomic mass is 16.6. The molecule has 30 heavy (non-hydrogen) atoms. The van der Waals surface area contributed by atoms with Gasteiger partial charge in [0.1, 0.15) is 0 Å². The Morgan fingerprint density at radius 3 is 2.47 bits per heavy atom. The first-order valence-corrected chi connectivity index (χ1v) is 10.3. The molecular formula is C22H25N3O5. The average molecular weight is 411 g/mol. The van der Waals surface area contributed by atoms with Crippen LogP contribution in [0.4, 0.5) is 11.4 Å². The standard InChI is InChI=1S/C22H25N3O5/c1-14-11-18(15(2)24(14)16-5-6-16)21(26)13-30-22(27)19-12-17(25(28)29)7-8-20(19)23-9-3-4-10-23/h7-8,11-12,16H,3-6,9-10,13H2,1-2H3. The number of nitro benzene ring substituents is 1. The van der Waals surface area contributed by atoms with Gasteiger partial charge in [-0.3, -0.25) is 14.9 Å². The largest absolute Gasteiger partial charge is 0.454 e. The van der Waals surface area contributed by atoms with Crippen LogP contribution in [-0.2, 0) is 4.74 Å². The zero-order valence-electron chi connectivity index (χ0n) is 17.2. The molecule has 158 valence electrons. The number of hydrogen-bond acceptors (Lipinski definition) is 6. The van der Waals surface area contributed by atoms with Crippen molar-refractivity contribution < 1.29 is 19.2 Å². The van der Waals surface area contributed by atoms with E-state index in [1.165, 1.54) is 12.1 Å². The van der Waals surface area contributed by atoms with E-state index in [4.69, 9.17) is 4.74 Å². The zero-order chi connectivity index (χ0) is 21.4. The molecule has 4 rings (SSSR count). The number of anilines is 1. The van der Waals surface area contributed by atoms with Gasteiger partial charge < -0.3 is 14.2 Å². The molecule has 0 spiro atoms. The molecule has 1 aliphatic heterocycles. The first-order chi connectivity index (χ1) is 14.4. The molecule has 2 aliphatic rings. The Hall–Kier alpha value is -3.16. The van der Waals surface area contributed by atoms with E-state index in [0.29, 0.717) is 17.3 Å². The van der Waals surface area contributed by atoms with Crippen molar-refractivity contribution in [2.45, 2.75) is 45.6 Å². The lowest BCUT2D eigenvalue weighted by Gasteiger charge is -2.20. The SMILES string of the molecule is Cc1cc(C(=O)COC(=O)c2cc([N+](=O)[O-])ccc2N2CCCC2)c(C)n1C1CC1. The molecule has 0 N–H and O–H groups in total. The molecule has 1 aromatic heterocycles. The average Bonchev–Trinajstić information content (AvgIpc) is 3.30. The minimum Gasteiger partial charge on any atom is -0.454 e. The smallest absolute Gasteiger partial charge is 0.340 e. The molecule has 0 unspecified atom stereocenters. The number of aryl methyl sites for hydroxylation is 1. The Bertz CT molecular complexity index is 1020. The van der Waals surface area contributed by atoms with Crippen molar-refractivity contribution >= 4 is 23.1 Å². The summed E-state index contributed by atoms with van der Waals surface area (Å²) >= 11 is 0. The van der Waals surface area contributed by atoms with Crippen LogP contribution in [0.3, 0.4) is 0 Å². The lowest BCUT2D eigenvalue weighted by atomic mass is 10.1. The van der Waals surface area contributed by atoms with Gasteiger partial charge in [-0.2, -0.15) is 0 Å². The number of aromatic nitrogens is 1. The van der Waals surface area contributed by atoms with E-state index in [9.17, 15) is 19.7 Å².